The minimum Gasteiger partial charge on any atom is -0.741 e. The highest BCUT2D eigenvalue weighted by atomic mass is 32.9. The van der Waals surface area contributed by atoms with Gasteiger partial charge in [-0.05, 0) is 23.2 Å². The highest BCUT2D eigenvalue weighted by molar-refractivity contribution is 9.07. The maximum absolute atomic E-state index is 10.7. The van der Waals surface area contributed by atoms with E-state index < -0.39 is 22.3 Å². The fourth-order valence-corrected chi connectivity index (χ4v) is 63.5. The van der Waals surface area contributed by atoms with Crippen LogP contribution >= 0.6 is 27.7 Å². The first kappa shape index (κ1) is 30.9. The summed E-state index contributed by atoms with van der Waals surface area (Å²) in [4.78, 5) is 0. The average molecular weight is 579 g/mol. The molecule has 0 saturated heterocycles. The smallest absolute Gasteiger partial charge is 0.485 e. The van der Waals surface area contributed by atoms with E-state index >= 15 is 0 Å². The molecule has 2 aliphatic rings. The van der Waals surface area contributed by atoms with Crippen LogP contribution in [-0.2, 0) is 20.9 Å². The van der Waals surface area contributed by atoms with Crippen molar-refractivity contribution in [2.45, 2.75) is 106 Å². The van der Waals surface area contributed by atoms with Gasteiger partial charge in [-0.3, -0.25) is 0 Å². The lowest BCUT2D eigenvalue weighted by Gasteiger charge is -2.63. The molecule has 4 unspecified atom stereocenters. The molecule has 0 N–H and O–H groups in total. The zero-order chi connectivity index (χ0) is 27.2. The number of hydrogen-bond donors (Lipinski definition) is 0. The summed E-state index contributed by atoms with van der Waals surface area (Å²) < 4.78 is 58.9. The van der Waals surface area contributed by atoms with Crippen LogP contribution in [0.15, 0.2) is 10.6 Å². The van der Waals surface area contributed by atoms with Crippen molar-refractivity contribution in [1.29, 1.82) is 0 Å². The normalized spacial score (nSPS) is 24.6. The van der Waals surface area contributed by atoms with Gasteiger partial charge in [0.1, 0.15) is 6.64 Å². The predicted molar refractivity (Wildman–Crippen MR) is 146 cm³/mol. The zero-order valence-electron chi connectivity index (χ0n) is 22.8. The van der Waals surface area contributed by atoms with Gasteiger partial charge in [-0.2, -0.15) is 13.2 Å². The first-order chi connectivity index (χ1) is 14.7. The van der Waals surface area contributed by atoms with Crippen molar-refractivity contribution in [3.05, 3.63) is 21.2 Å². The molecule has 0 amide bonds. The lowest BCUT2D eigenvalue weighted by molar-refractivity contribution is -0.0517. The Morgan fingerprint density at radius 2 is 1.15 bits per heavy atom. The molecule has 198 valence electrons. The Morgan fingerprint density at radius 1 is 0.765 bits per heavy atom. The fraction of sp³-hybridized carbons (Fsp3) is 0.826. The summed E-state index contributed by atoms with van der Waals surface area (Å²) in [6.45, 7) is 32.1. The molecule has 3 nitrogen and oxygen atoms in total. The van der Waals surface area contributed by atoms with Gasteiger partial charge >= 0.3 is 5.51 Å². The molecular weight excluding hydrogens is 537 g/mol. The summed E-state index contributed by atoms with van der Waals surface area (Å²) >= 11 is 0. The monoisotopic (exact) mass is 578 g/mol. The van der Waals surface area contributed by atoms with E-state index in [1.165, 1.54) is 6.16 Å². The van der Waals surface area contributed by atoms with E-state index in [4.69, 9.17) is 13.0 Å². The number of fused-ring (bicyclic) bond motifs is 4. The predicted octanol–water partition coefficient (Wildman–Crippen LogP) is 10.6. The van der Waals surface area contributed by atoms with Gasteiger partial charge < -0.3 is 4.55 Å². The van der Waals surface area contributed by atoms with Crippen LogP contribution in [0, 0.1) is 10.8 Å². The molecule has 3 heterocycles. The molecule has 2 aliphatic heterocycles. The number of halogens is 3. The largest absolute Gasteiger partial charge is 0.741 e. The van der Waals surface area contributed by atoms with E-state index in [1.807, 2.05) is 21.2 Å². The van der Waals surface area contributed by atoms with Crippen molar-refractivity contribution in [2.24, 2.45) is 10.8 Å². The second-order valence-electron chi connectivity index (χ2n) is 13.2. The van der Waals surface area contributed by atoms with Crippen LogP contribution in [0.4, 0.5) is 13.2 Å². The number of alkyl halides is 3. The third kappa shape index (κ3) is 4.78. The van der Waals surface area contributed by atoms with E-state index in [0.29, 0.717) is 21.7 Å². The van der Waals surface area contributed by atoms with Gasteiger partial charge in [-0.1, -0.05) is 83.1 Å². The standard InChI is InChI=1S/C22H41P4.CHF3O3S/c1-14-26-18(22(11,12)13)17(21(8,9)10)25(26)23-15(19(2,3)4)16(24(23)26)20(5,6)7;2-1(3,4)8(5,6)7/h14H2,1-13H3;(H,5,6,7)/q+1;/p-1. The van der Waals surface area contributed by atoms with Gasteiger partial charge in [0.25, 0.3) is 0 Å². The van der Waals surface area contributed by atoms with Gasteiger partial charge in [0, 0.05) is 28.2 Å². The van der Waals surface area contributed by atoms with Crippen LogP contribution in [-0.4, -0.2) is 24.6 Å². The molecule has 4 atom stereocenters. The molecule has 3 rings (SSSR count). The second kappa shape index (κ2) is 8.58. The van der Waals surface area contributed by atoms with Gasteiger partial charge in [-0.25, -0.2) is 8.42 Å². The van der Waals surface area contributed by atoms with Crippen molar-refractivity contribution >= 4 is 37.9 Å². The van der Waals surface area contributed by atoms with Crippen molar-refractivity contribution in [3.63, 3.8) is 0 Å². The molecule has 0 aliphatic carbocycles. The molecule has 1 aromatic rings. The zero-order valence-corrected chi connectivity index (χ0v) is 27.2. The SMILES string of the molecule is CC[P+]12C(C(C)(C)C)=C(C(C)(C)C)P1p1c(C(C)(C)C)c(C(C)(C)C)p12.O=S(=O)([O-])C(F)(F)F. The summed E-state index contributed by atoms with van der Waals surface area (Å²) in [5.74, 6) is 0. The van der Waals surface area contributed by atoms with Crippen LogP contribution in [0.25, 0.3) is 0 Å². The molecule has 0 bridgehead atoms. The van der Waals surface area contributed by atoms with E-state index in [-0.39, 0.29) is 21.1 Å². The van der Waals surface area contributed by atoms with Crippen LogP contribution in [0.3, 0.4) is 0 Å². The molecule has 0 radical (unpaired) electrons. The number of rotatable bonds is 1. The molecule has 0 fully saturated rings. The average Bonchev–Trinajstić information content (AvgIpc) is 2.46. The second-order valence-corrected chi connectivity index (χ2v) is 35.3. The van der Waals surface area contributed by atoms with Gasteiger partial charge in [0.05, 0.1) is 18.4 Å². The molecule has 1 aromatic heterocycles. The number of allylic oxidation sites excluding steroid dienone is 2. The maximum Gasteiger partial charge on any atom is 0.485 e. The maximum atomic E-state index is 10.7. The summed E-state index contributed by atoms with van der Waals surface area (Å²) in [6, 6.07) is 0. The molecule has 0 spiro atoms. The lowest BCUT2D eigenvalue weighted by Crippen LogP contribution is -2.33. The van der Waals surface area contributed by atoms with Crippen LogP contribution in [0.2, 0.25) is 0 Å². The first-order valence-electron chi connectivity index (χ1n) is 11.5. The topological polar surface area (TPSA) is 57.2 Å². The Labute approximate surface area is 208 Å². The highest BCUT2D eigenvalue weighted by Gasteiger charge is 2.79. The van der Waals surface area contributed by atoms with Crippen LogP contribution in [0.1, 0.15) is 101 Å². The van der Waals surface area contributed by atoms with E-state index in [1.54, 1.807) is 0 Å². The molecule has 34 heavy (non-hydrogen) atoms. The Morgan fingerprint density at radius 3 is 1.38 bits per heavy atom. The molecule has 11 heteroatoms. The Bertz CT molecular complexity index is 1100. The Hall–Kier alpha value is 0.640. The third-order valence-corrected chi connectivity index (χ3v) is 47.9. The van der Waals surface area contributed by atoms with Crippen molar-refractivity contribution in [3.8, 4) is 0 Å². The Balaban J connectivity index is 0.000000440. The van der Waals surface area contributed by atoms with Crippen molar-refractivity contribution in [1.82, 2.24) is 0 Å². The van der Waals surface area contributed by atoms with Crippen molar-refractivity contribution in [2.75, 3.05) is 6.16 Å². The summed E-state index contributed by atoms with van der Waals surface area (Å²) in [5, 5.41) is 7.89. The molecular formula is C23H41F3O3P4S. The van der Waals surface area contributed by atoms with E-state index in [2.05, 4.69) is 90.0 Å². The van der Waals surface area contributed by atoms with Gasteiger partial charge in [-0.15, -0.1) is 0 Å². The summed E-state index contributed by atoms with van der Waals surface area (Å²) in [7, 11) is -5.89. The minimum absolute atomic E-state index is 0.198. The molecule has 0 aromatic carbocycles. The lowest BCUT2D eigenvalue weighted by atomic mass is 9.86. The molecule has 0 saturated carbocycles. The fourth-order valence-electron chi connectivity index (χ4n) is 4.96. The van der Waals surface area contributed by atoms with Crippen LogP contribution in [0.5, 0.6) is 0 Å². The summed E-state index contributed by atoms with van der Waals surface area (Å²) in [6.07, 6.45) is 1.49. The summed E-state index contributed by atoms with van der Waals surface area (Å²) in [5.41, 5.74) is -4.16. The minimum atomic E-state index is -6.09. The Kier molecular flexibility index (Phi) is 7.79. The first-order valence-corrected chi connectivity index (χ1v) is 21.7. The number of hydrogen-bond acceptors (Lipinski definition) is 3. The van der Waals surface area contributed by atoms with Gasteiger partial charge in [0.2, 0.25) is 0 Å². The van der Waals surface area contributed by atoms with Crippen LogP contribution < -0.4 is 0 Å². The van der Waals surface area contributed by atoms with E-state index in [0.717, 1.165) is 0 Å². The third-order valence-electron chi connectivity index (χ3n) is 5.96. The quantitative estimate of drug-likeness (QED) is 0.189. The highest BCUT2D eigenvalue weighted by Crippen LogP contribution is 3.31. The van der Waals surface area contributed by atoms with E-state index in [9.17, 15) is 13.2 Å². The van der Waals surface area contributed by atoms with Crippen molar-refractivity contribution < 1.29 is 26.1 Å². The van der Waals surface area contributed by atoms with Gasteiger partial charge in [0.15, 0.2) is 17.4 Å².